The normalized spacial score (nSPS) is 11.8. The Balaban J connectivity index is 3.79. The monoisotopic (exact) mass is 259 g/mol. The molecule has 0 amide bonds. The van der Waals surface area contributed by atoms with Crippen LogP contribution in [0.1, 0.15) is 0 Å². The molecule has 0 saturated heterocycles. The number of phenolic OH excluding ortho intramolecular Hbond substituents is 1. The van der Waals surface area contributed by atoms with E-state index < -0.39 is 43.9 Å². The Kier molecular flexibility index (Phi) is 3.10. The summed E-state index contributed by atoms with van der Waals surface area (Å²) in [6.07, 6.45) is 0. The smallest absolute Gasteiger partial charge is 0.247 e. The first-order valence-corrected chi connectivity index (χ1v) is 5.20. The fraction of sp³-hybridized carbons (Fsp3) is 0.143. The minimum atomic E-state index is -4.64. The molecule has 0 fully saturated rings. The number of aromatic hydroxyl groups is 1. The van der Waals surface area contributed by atoms with Crippen LogP contribution in [-0.2, 0) is 10.0 Å². The first-order chi connectivity index (χ1) is 7.24. The number of nitrogens with one attached hydrogen (secondary N) is 1. The van der Waals surface area contributed by atoms with Crippen molar-refractivity contribution in [1.82, 2.24) is 4.72 Å². The number of sulfonamides is 1. The van der Waals surface area contributed by atoms with Crippen LogP contribution >= 0.6 is 0 Å². The highest BCUT2D eigenvalue weighted by Gasteiger charge is 2.32. The van der Waals surface area contributed by atoms with Crippen molar-refractivity contribution in [3.8, 4) is 5.75 Å². The van der Waals surface area contributed by atoms with E-state index in [1.54, 1.807) is 0 Å². The van der Waals surface area contributed by atoms with Crippen LogP contribution in [0.5, 0.6) is 5.75 Å². The largest absolute Gasteiger partial charge is 0.504 e. The van der Waals surface area contributed by atoms with Crippen LogP contribution in [0.2, 0.25) is 0 Å². The molecule has 16 heavy (non-hydrogen) atoms. The summed E-state index contributed by atoms with van der Waals surface area (Å²) < 4.78 is 74.8. The lowest BCUT2D eigenvalue weighted by molar-refractivity contribution is 0.345. The molecule has 0 spiro atoms. The van der Waals surface area contributed by atoms with E-state index in [1.165, 1.54) is 4.72 Å². The van der Waals surface area contributed by atoms with Gasteiger partial charge in [0.15, 0.2) is 22.3 Å². The van der Waals surface area contributed by atoms with Crippen molar-refractivity contribution in [2.75, 3.05) is 7.05 Å². The van der Waals surface area contributed by atoms with Gasteiger partial charge in [-0.05, 0) is 7.05 Å². The van der Waals surface area contributed by atoms with Crippen LogP contribution < -0.4 is 4.72 Å². The molecule has 90 valence electrons. The Morgan fingerprint density at radius 2 is 1.44 bits per heavy atom. The van der Waals surface area contributed by atoms with Crippen molar-refractivity contribution in [1.29, 1.82) is 0 Å². The molecular weight excluding hydrogens is 254 g/mol. The lowest BCUT2D eigenvalue weighted by Gasteiger charge is -2.08. The summed E-state index contributed by atoms with van der Waals surface area (Å²) in [4.78, 5) is -1.67. The highest BCUT2D eigenvalue weighted by molar-refractivity contribution is 7.89. The fourth-order valence-corrected chi connectivity index (χ4v) is 1.82. The molecule has 0 bridgehead atoms. The molecule has 0 atom stereocenters. The topological polar surface area (TPSA) is 66.4 Å². The zero-order chi connectivity index (χ0) is 12.7. The Morgan fingerprint density at radius 3 is 1.88 bits per heavy atom. The van der Waals surface area contributed by atoms with Gasteiger partial charge in [0, 0.05) is 0 Å². The molecule has 0 aliphatic carbocycles. The lowest BCUT2D eigenvalue weighted by Crippen LogP contribution is -2.21. The number of halogens is 4. The fourth-order valence-electron chi connectivity index (χ4n) is 0.947. The van der Waals surface area contributed by atoms with E-state index in [2.05, 4.69) is 0 Å². The van der Waals surface area contributed by atoms with E-state index >= 15 is 0 Å². The van der Waals surface area contributed by atoms with Crippen molar-refractivity contribution in [2.24, 2.45) is 0 Å². The highest BCUT2D eigenvalue weighted by Crippen LogP contribution is 2.32. The molecule has 4 nitrogen and oxygen atoms in total. The number of phenols is 1. The van der Waals surface area contributed by atoms with E-state index in [4.69, 9.17) is 5.11 Å². The lowest BCUT2D eigenvalue weighted by atomic mass is 10.3. The average Bonchev–Trinajstić information content (AvgIpc) is 2.23. The Labute approximate surface area is 87.6 Å². The second kappa shape index (κ2) is 3.91. The quantitative estimate of drug-likeness (QED) is 0.470. The van der Waals surface area contributed by atoms with Crippen LogP contribution in [-0.4, -0.2) is 20.6 Å². The third-order valence-electron chi connectivity index (χ3n) is 1.74. The third kappa shape index (κ3) is 1.71. The van der Waals surface area contributed by atoms with Gasteiger partial charge in [0.25, 0.3) is 0 Å². The van der Waals surface area contributed by atoms with Gasteiger partial charge in [0.05, 0.1) is 0 Å². The number of hydrogen-bond donors (Lipinski definition) is 2. The van der Waals surface area contributed by atoms with Crippen molar-refractivity contribution in [2.45, 2.75) is 4.90 Å². The second-order valence-corrected chi connectivity index (χ2v) is 4.46. The molecule has 0 heterocycles. The van der Waals surface area contributed by atoms with E-state index in [0.29, 0.717) is 0 Å². The summed E-state index contributed by atoms with van der Waals surface area (Å²) >= 11 is 0. The summed E-state index contributed by atoms with van der Waals surface area (Å²) in [7, 11) is -3.82. The first kappa shape index (κ1) is 12.7. The predicted molar refractivity (Wildman–Crippen MR) is 44.2 cm³/mol. The zero-order valence-electron chi connectivity index (χ0n) is 7.68. The summed E-state index contributed by atoms with van der Waals surface area (Å²) in [6, 6.07) is 0. The van der Waals surface area contributed by atoms with Gasteiger partial charge in [-0.2, -0.15) is 4.39 Å². The molecule has 0 saturated carbocycles. The minimum Gasteiger partial charge on any atom is -0.504 e. The summed E-state index contributed by atoms with van der Waals surface area (Å²) in [5.41, 5.74) is 0. The third-order valence-corrected chi connectivity index (χ3v) is 3.19. The number of rotatable bonds is 2. The van der Waals surface area contributed by atoms with Gasteiger partial charge in [-0.15, -0.1) is 0 Å². The molecule has 0 aliphatic rings. The van der Waals surface area contributed by atoms with Gasteiger partial charge in [0.2, 0.25) is 21.7 Å². The molecule has 1 aromatic carbocycles. The molecule has 2 N–H and O–H groups in total. The van der Waals surface area contributed by atoms with E-state index in [1.807, 2.05) is 0 Å². The molecule has 1 rings (SSSR count). The maximum absolute atomic E-state index is 13.0. The number of benzene rings is 1. The number of hydrogen-bond acceptors (Lipinski definition) is 3. The zero-order valence-corrected chi connectivity index (χ0v) is 8.50. The molecule has 1 aromatic rings. The molecule has 9 heteroatoms. The summed E-state index contributed by atoms with van der Waals surface area (Å²) in [6.45, 7) is 0. The Bertz CT molecular complexity index is 514. The molecule has 0 aliphatic heterocycles. The highest BCUT2D eigenvalue weighted by atomic mass is 32.2. The van der Waals surface area contributed by atoms with Crippen molar-refractivity contribution < 1.29 is 31.1 Å². The molecule has 0 radical (unpaired) electrons. The minimum absolute atomic E-state index is 0.827. The standard InChI is InChI=1S/C7H5F4NO3S/c1-12-16(14,15)7-5(11)3(9)2(8)4(10)6(7)13/h12-13H,1H3. The maximum Gasteiger partial charge on any atom is 0.247 e. The molecule has 0 aromatic heterocycles. The second-order valence-electron chi connectivity index (χ2n) is 2.64. The van der Waals surface area contributed by atoms with E-state index in [-0.39, 0.29) is 0 Å². The first-order valence-electron chi connectivity index (χ1n) is 3.72. The van der Waals surface area contributed by atoms with Crippen molar-refractivity contribution in [3.05, 3.63) is 23.3 Å². The van der Waals surface area contributed by atoms with Gasteiger partial charge >= 0.3 is 0 Å². The van der Waals surface area contributed by atoms with E-state index in [0.717, 1.165) is 7.05 Å². The molecule has 0 unspecified atom stereocenters. The van der Waals surface area contributed by atoms with Crippen LogP contribution in [0.3, 0.4) is 0 Å². The van der Waals surface area contributed by atoms with Crippen LogP contribution in [0.4, 0.5) is 17.6 Å². The van der Waals surface area contributed by atoms with Gasteiger partial charge in [-0.25, -0.2) is 26.3 Å². The maximum atomic E-state index is 13.0. The van der Waals surface area contributed by atoms with Crippen LogP contribution in [0.15, 0.2) is 4.90 Å². The average molecular weight is 259 g/mol. The van der Waals surface area contributed by atoms with Crippen molar-refractivity contribution in [3.63, 3.8) is 0 Å². The Morgan fingerprint density at radius 1 is 1.00 bits per heavy atom. The van der Waals surface area contributed by atoms with Gasteiger partial charge in [0.1, 0.15) is 0 Å². The summed E-state index contributed by atoms with van der Waals surface area (Å²) in [5, 5.41) is 8.91. The summed E-state index contributed by atoms with van der Waals surface area (Å²) in [5.74, 6) is -10.8. The predicted octanol–water partition coefficient (Wildman–Crippen LogP) is 0.857. The SMILES string of the molecule is CNS(=O)(=O)c1c(O)c(F)c(F)c(F)c1F. The van der Waals surface area contributed by atoms with Gasteiger partial charge in [-0.1, -0.05) is 0 Å². The molecular formula is C7H5F4NO3S. The van der Waals surface area contributed by atoms with Crippen LogP contribution in [0.25, 0.3) is 0 Å². The van der Waals surface area contributed by atoms with E-state index in [9.17, 15) is 26.0 Å². The van der Waals surface area contributed by atoms with Crippen LogP contribution in [0, 0.1) is 23.3 Å². The van der Waals surface area contributed by atoms with Crippen molar-refractivity contribution >= 4 is 10.0 Å². The Hall–Kier alpha value is -1.35. The van der Waals surface area contributed by atoms with Gasteiger partial charge < -0.3 is 5.11 Å². The van der Waals surface area contributed by atoms with Gasteiger partial charge in [-0.3, -0.25) is 0 Å².